The van der Waals surface area contributed by atoms with Gasteiger partial charge in [-0.1, -0.05) is 41.9 Å². The van der Waals surface area contributed by atoms with Crippen LogP contribution in [0.15, 0.2) is 71.4 Å². The minimum Gasteiger partial charge on any atom is -0.454 e. The van der Waals surface area contributed by atoms with Gasteiger partial charge in [-0.25, -0.2) is 17.5 Å². The van der Waals surface area contributed by atoms with Crippen molar-refractivity contribution in [2.75, 3.05) is 11.1 Å². The molecule has 8 nitrogen and oxygen atoms in total. The lowest BCUT2D eigenvalue weighted by atomic mass is 9.97. The number of ether oxygens (including phenoxy) is 3. The summed E-state index contributed by atoms with van der Waals surface area (Å²) in [4.78, 5) is 11.7. The highest BCUT2D eigenvalue weighted by atomic mass is 35.5. The van der Waals surface area contributed by atoms with Crippen LogP contribution < -0.4 is 13.8 Å². The van der Waals surface area contributed by atoms with Gasteiger partial charge in [-0.15, -0.1) is 0 Å². The highest BCUT2D eigenvalue weighted by Crippen LogP contribution is 2.46. The number of hydrogen-bond acceptors (Lipinski definition) is 6. The van der Waals surface area contributed by atoms with E-state index in [1.807, 2.05) is 0 Å². The molecule has 2 aliphatic rings. The summed E-state index contributed by atoms with van der Waals surface area (Å²) < 4.78 is 44.4. The van der Waals surface area contributed by atoms with Crippen LogP contribution in [0.25, 0.3) is 5.57 Å². The number of rotatable bonds is 3. The first kappa shape index (κ1) is 21.2. The second-order valence-corrected chi connectivity index (χ2v) is 9.43. The zero-order valence-corrected chi connectivity index (χ0v) is 18.7. The Morgan fingerprint density at radius 1 is 1.06 bits per heavy atom. The molecule has 0 fully saturated rings. The first-order valence-corrected chi connectivity index (χ1v) is 11.6. The summed E-state index contributed by atoms with van der Waals surface area (Å²) in [6.45, 7) is 1.70. The standard InChI is InChI=1S/C23H16ClNO7S/c1-13-16(24)6-4-7-17(13)25-22(32-23(26)27)21(14-9-10-18-19(11-14)31-12-30-18)15-5-2-3-8-20(15)33(25,28)29/h2-11H,12H2,1H3,(H,26,27). The highest BCUT2D eigenvalue weighted by Gasteiger charge is 2.41. The molecule has 2 heterocycles. The first-order chi connectivity index (χ1) is 15.8. The summed E-state index contributed by atoms with van der Waals surface area (Å²) in [7, 11) is -4.25. The molecule has 0 radical (unpaired) electrons. The number of carboxylic acid groups (broad SMARTS) is 1. The maximum atomic E-state index is 13.8. The van der Waals surface area contributed by atoms with Crippen molar-refractivity contribution < 1.29 is 32.5 Å². The largest absolute Gasteiger partial charge is 0.512 e. The molecular formula is C23H16ClNO7S. The van der Waals surface area contributed by atoms with E-state index in [0.29, 0.717) is 33.2 Å². The predicted molar refractivity (Wildman–Crippen MR) is 120 cm³/mol. The molecule has 3 aromatic carbocycles. The summed E-state index contributed by atoms with van der Waals surface area (Å²) in [6.07, 6.45) is -1.66. The van der Waals surface area contributed by atoms with Gasteiger partial charge in [0.2, 0.25) is 12.7 Å². The molecule has 33 heavy (non-hydrogen) atoms. The molecule has 5 rings (SSSR count). The summed E-state index contributed by atoms with van der Waals surface area (Å²) >= 11 is 6.27. The van der Waals surface area contributed by atoms with Gasteiger partial charge < -0.3 is 19.3 Å². The minimum atomic E-state index is -4.25. The Bertz CT molecular complexity index is 1450. The lowest BCUT2D eigenvalue weighted by Crippen LogP contribution is -2.37. The summed E-state index contributed by atoms with van der Waals surface area (Å²) in [5.74, 6) is 0.593. The van der Waals surface area contributed by atoms with Crippen molar-refractivity contribution >= 4 is 39.0 Å². The van der Waals surface area contributed by atoms with Crippen LogP contribution in [-0.4, -0.2) is 26.5 Å². The van der Waals surface area contributed by atoms with Gasteiger partial charge in [0, 0.05) is 10.6 Å². The Balaban J connectivity index is 1.88. The molecule has 0 aliphatic carbocycles. The van der Waals surface area contributed by atoms with Crippen molar-refractivity contribution in [3.63, 3.8) is 0 Å². The fourth-order valence-corrected chi connectivity index (χ4v) is 5.75. The monoisotopic (exact) mass is 485 g/mol. The van der Waals surface area contributed by atoms with Crippen LogP contribution in [0.4, 0.5) is 10.5 Å². The molecule has 0 amide bonds. The fourth-order valence-electron chi connectivity index (χ4n) is 3.88. The average Bonchev–Trinajstić information content (AvgIpc) is 3.24. The van der Waals surface area contributed by atoms with Crippen LogP contribution in [-0.2, 0) is 14.8 Å². The Labute approximate surface area is 194 Å². The molecule has 3 aromatic rings. The van der Waals surface area contributed by atoms with E-state index in [9.17, 15) is 18.3 Å². The molecular weight excluding hydrogens is 470 g/mol. The molecule has 10 heteroatoms. The van der Waals surface area contributed by atoms with Gasteiger partial charge in [0.1, 0.15) is 0 Å². The van der Waals surface area contributed by atoms with Crippen molar-refractivity contribution in [2.24, 2.45) is 0 Å². The van der Waals surface area contributed by atoms with E-state index in [-0.39, 0.29) is 28.8 Å². The SMILES string of the molecule is Cc1c(Cl)cccc1N1C(OC(=O)O)=C(c2ccc3c(c2)OCO3)c2ccccc2S1(=O)=O. The van der Waals surface area contributed by atoms with Gasteiger partial charge in [0.15, 0.2) is 11.5 Å². The van der Waals surface area contributed by atoms with Gasteiger partial charge in [0.25, 0.3) is 10.0 Å². The Kier molecular flexibility index (Phi) is 4.95. The van der Waals surface area contributed by atoms with Gasteiger partial charge in [-0.2, -0.15) is 0 Å². The first-order valence-electron chi connectivity index (χ1n) is 9.74. The Morgan fingerprint density at radius 2 is 1.82 bits per heavy atom. The Hall–Kier alpha value is -3.69. The summed E-state index contributed by atoms with van der Waals surface area (Å²) in [5.41, 5.74) is 1.66. The summed E-state index contributed by atoms with van der Waals surface area (Å²) in [5, 5.41) is 9.86. The number of sulfonamides is 1. The maximum absolute atomic E-state index is 13.8. The van der Waals surface area contributed by atoms with Crippen molar-refractivity contribution in [1.29, 1.82) is 0 Å². The number of hydrogen-bond donors (Lipinski definition) is 1. The van der Waals surface area contributed by atoms with E-state index in [1.165, 1.54) is 12.1 Å². The van der Waals surface area contributed by atoms with E-state index in [2.05, 4.69) is 0 Å². The number of fused-ring (bicyclic) bond motifs is 2. The third kappa shape index (κ3) is 3.37. The van der Waals surface area contributed by atoms with Crippen LogP contribution in [0.2, 0.25) is 5.02 Å². The molecule has 0 unspecified atom stereocenters. The number of nitrogens with zero attached hydrogens (tertiary/aromatic N) is 1. The lowest BCUT2D eigenvalue weighted by Gasteiger charge is -2.33. The van der Waals surface area contributed by atoms with Crippen molar-refractivity contribution in [1.82, 2.24) is 0 Å². The molecule has 168 valence electrons. The minimum absolute atomic E-state index is 0.00483. The number of halogens is 1. The van der Waals surface area contributed by atoms with Crippen LogP contribution in [0.3, 0.4) is 0 Å². The molecule has 0 bridgehead atoms. The third-order valence-electron chi connectivity index (χ3n) is 5.38. The van der Waals surface area contributed by atoms with Gasteiger partial charge >= 0.3 is 6.16 Å². The second-order valence-electron chi connectivity index (χ2n) is 7.27. The third-order valence-corrected chi connectivity index (χ3v) is 7.54. The van der Waals surface area contributed by atoms with E-state index < -0.39 is 16.2 Å². The van der Waals surface area contributed by atoms with Crippen molar-refractivity contribution in [2.45, 2.75) is 11.8 Å². The maximum Gasteiger partial charge on any atom is 0.512 e. The van der Waals surface area contributed by atoms with Crippen molar-refractivity contribution in [3.8, 4) is 11.5 Å². The number of benzene rings is 3. The molecule has 0 atom stereocenters. The van der Waals surface area contributed by atoms with Crippen LogP contribution in [0.1, 0.15) is 16.7 Å². The molecule has 0 spiro atoms. The van der Waals surface area contributed by atoms with E-state index in [1.54, 1.807) is 55.5 Å². The summed E-state index contributed by atoms with van der Waals surface area (Å²) in [6, 6.07) is 16.1. The van der Waals surface area contributed by atoms with Crippen LogP contribution in [0.5, 0.6) is 11.5 Å². The second kappa shape index (κ2) is 7.72. The predicted octanol–water partition coefficient (Wildman–Crippen LogP) is 5.00. The Morgan fingerprint density at radius 3 is 2.61 bits per heavy atom. The van der Waals surface area contributed by atoms with Crippen LogP contribution >= 0.6 is 11.6 Å². The molecule has 1 N–H and O–H groups in total. The quantitative estimate of drug-likeness (QED) is 0.521. The van der Waals surface area contributed by atoms with E-state index in [4.69, 9.17) is 25.8 Å². The van der Waals surface area contributed by atoms with Gasteiger partial charge in [0.05, 0.1) is 16.2 Å². The van der Waals surface area contributed by atoms with Crippen molar-refractivity contribution in [3.05, 3.63) is 88.3 Å². The van der Waals surface area contributed by atoms with Gasteiger partial charge in [-0.3, -0.25) is 0 Å². The fraction of sp³-hybridized carbons (Fsp3) is 0.0870. The number of carbonyl (C=O) groups is 1. The average molecular weight is 486 g/mol. The van der Waals surface area contributed by atoms with E-state index >= 15 is 0 Å². The zero-order valence-electron chi connectivity index (χ0n) is 17.1. The smallest absolute Gasteiger partial charge is 0.454 e. The number of anilines is 1. The van der Waals surface area contributed by atoms with E-state index in [0.717, 1.165) is 4.31 Å². The molecule has 2 aliphatic heterocycles. The van der Waals surface area contributed by atoms with Crippen LogP contribution in [0, 0.1) is 6.92 Å². The topological polar surface area (TPSA) is 102 Å². The molecule has 0 saturated carbocycles. The zero-order chi connectivity index (χ0) is 23.3. The normalized spacial score (nSPS) is 15.9. The lowest BCUT2D eigenvalue weighted by molar-refractivity contribution is 0.119. The molecule has 0 aromatic heterocycles. The molecule has 0 saturated heterocycles. The highest BCUT2D eigenvalue weighted by molar-refractivity contribution is 7.93. The van der Waals surface area contributed by atoms with Gasteiger partial charge in [-0.05, 0) is 48.4 Å².